The summed E-state index contributed by atoms with van der Waals surface area (Å²) in [5, 5.41) is 14.8. The van der Waals surface area contributed by atoms with E-state index in [-0.39, 0.29) is 32.6 Å². The largest absolute Gasteiger partial charge is 0.481 e. The average molecular weight is 302 g/mol. The molecule has 1 heterocycles. The molecule has 0 aromatic heterocycles. The Morgan fingerprint density at radius 2 is 1.95 bits per heavy atom. The molecular weight excluding hydrogens is 280 g/mol. The summed E-state index contributed by atoms with van der Waals surface area (Å²) < 4.78 is 10.2. The molecule has 8 nitrogen and oxygen atoms in total. The van der Waals surface area contributed by atoms with Gasteiger partial charge in [-0.1, -0.05) is 5.18 Å². The molecule has 1 atom stereocenters. The fourth-order valence-electron chi connectivity index (χ4n) is 2.23. The van der Waals surface area contributed by atoms with Gasteiger partial charge in [0, 0.05) is 32.6 Å². The van der Waals surface area contributed by atoms with Crippen LogP contribution in [0.15, 0.2) is 5.18 Å². The van der Waals surface area contributed by atoms with Crippen LogP contribution in [-0.2, 0) is 14.3 Å². The van der Waals surface area contributed by atoms with Crippen LogP contribution in [0.3, 0.4) is 0 Å². The van der Waals surface area contributed by atoms with Crippen LogP contribution in [0.2, 0.25) is 0 Å². The number of nitrogens with zero attached hydrogens (tertiary/aromatic N) is 1. The van der Waals surface area contributed by atoms with Gasteiger partial charge in [-0.2, -0.15) is 4.91 Å². The van der Waals surface area contributed by atoms with Crippen LogP contribution in [-0.4, -0.2) is 48.1 Å². The summed E-state index contributed by atoms with van der Waals surface area (Å²) >= 11 is 0. The first-order valence-electron chi connectivity index (χ1n) is 6.82. The summed E-state index contributed by atoms with van der Waals surface area (Å²) in [4.78, 5) is 34.2. The molecule has 8 heteroatoms. The van der Waals surface area contributed by atoms with Gasteiger partial charge < -0.3 is 19.9 Å². The molecule has 1 saturated heterocycles. The van der Waals surface area contributed by atoms with Gasteiger partial charge in [-0.3, -0.25) is 4.79 Å². The quantitative estimate of drug-likeness (QED) is 0.744. The maximum atomic E-state index is 11.6. The molecule has 0 spiro atoms. The zero-order valence-electron chi connectivity index (χ0n) is 12.5. The van der Waals surface area contributed by atoms with Gasteiger partial charge in [0.1, 0.15) is 17.1 Å². The molecule has 0 bridgehead atoms. The van der Waals surface area contributed by atoms with Gasteiger partial charge >= 0.3 is 12.1 Å². The van der Waals surface area contributed by atoms with Crippen LogP contribution < -0.4 is 5.32 Å². The highest BCUT2D eigenvalue weighted by atomic mass is 16.6. The summed E-state index contributed by atoms with van der Waals surface area (Å²) in [6, 6.07) is 0. The fraction of sp³-hybridized carbons (Fsp3) is 0.846. The van der Waals surface area contributed by atoms with Crippen LogP contribution in [0.4, 0.5) is 4.79 Å². The van der Waals surface area contributed by atoms with Crippen LogP contribution in [0.1, 0.15) is 33.6 Å². The second-order valence-electron chi connectivity index (χ2n) is 6.08. The molecule has 0 saturated carbocycles. The van der Waals surface area contributed by atoms with E-state index in [1.807, 2.05) is 0 Å². The summed E-state index contributed by atoms with van der Waals surface area (Å²) in [5.41, 5.74) is -1.93. The lowest BCUT2D eigenvalue weighted by atomic mass is 9.78. The number of ether oxygens (including phenoxy) is 2. The molecular formula is C13H22N2O6. The minimum atomic E-state index is -1.25. The number of nitrogens with one attached hydrogen (secondary N) is 1. The molecule has 1 fully saturated rings. The zero-order valence-corrected chi connectivity index (χ0v) is 12.5. The van der Waals surface area contributed by atoms with Gasteiger partial charge in [-0.15, -0.1) is 0 Å². The van der Waals surface area contributed by atoms with Gasteiger partial charge in [0.05, 0.1) is 0 Å². The first-order chi connectivity index (χ1) is 9.70. The minimum Gasteiger partial charge on any atom is -0.481 e. The monoisotopic (exact) mass is 302 g/mol. The number of amides is 1. The number of rotatable bonds is 5. The fourth-order valence-corrected chi connectivity index (χ4v) is 2.23. The number of aliphatic carboxylic acids is 1. The molecule has 0 aromatic carbocycles. The van der Waals surface area contributed by atoms with E-state index in [0.29, 0.717) is 0 Å². The second kappa shape index (κ2) is 6.84. The summed E-state index contributed by atoms with van der Waals surface area (Å²) in [6.45, 7) is 5.45. The SMILES string of the molecule is CC(C)(C)OC(=O)NC[C@@H](C(=O)O)C1(N=O)CCOCC1. The summed E-state index contributed by atoms with van der Waals surface area (Å²) in [6.07, 6.45) is -0.269. The van der Waals surface area contributed by atoms with Crippen molar-refractivity contribution in [2.24, 2.45) is 11.1 Å². The number of alkyl carbamates (subject to hydrolysis) is 1. The Kier molecular flexibility index (Phi) is 5.65. The van der Waals surface area contributed by atoms with Crippen molar-refractivity contribution in [3.63, 3.8) is 0 Å². The van der Waals surface area contributed by atoms with Crippen LogP contribution >= 0.6 is 0 Å². The summed E-state index contributed by atoms with van der Waals surface area (Å²) in [5.74, 6) is -2.28. The topological polar surface area (TPSA) is 114 Å². The predicted octanol–water partition coefficient (Wildman–Crippen LogP) is 1.53. The standard InChI is InChI=1S/C13H22N2O6/c1-12(2,3)21-11(18)14-8-9(10(16)17)13(15-19)4-6-20-7-5-13/h9H,4-8H2,1-3H3,(H,14,18)(H,16,17)/t9-/m0/s1. The molecule has 2 N–H and O–H groups in total. The maximum absolute atomic E-state index is 11.6. The van der Waals surface area contributed by atoms with Crippen molar-refractivity contribution in [1.29, 1.82) is 0 Å². The van der Waals surface area contributed by atoms with Gasteiger partial charge in [-0.05, 0) is 20.8 Å². The lowest BCUT2D eigenvalue weighted by Gasteiger charge is -2.35. The first-order valence-corrected chi connectivity index (χ1v) is 6.82. The average Bonchev–Trinajstić information content (AvgIpc) is 2.37. The number of carboxylic acid groups (broad SMARTS) is 1. The molecule has 0 aromatic rings. The Labute approximate surface area is 123 Å². The van der Waals surface area contributed by atoms with E-state index >= 15 is 0 Å². The molecule has 1 amide bonds. The Morgan fingerprint density at radius 3 is 2.38 bits per heavy atom. The van der Waals surface area contributed by atoms with Gasteiger partial charge in [-0.25, -0.2) is 4.79 Å². The van der Waals surface area contributed by atoms with E-state index < -0.39 is 29.1 Å². The van der Waals surface area contributed by atoms with Crippen molar-refractivity contribution < 1.29 is 24.2 Å². The van der Waals surface area contributed by atoms with E-state index in [2.05, 4.69) is 10.5 Å². The van der Waals surface area contributed by atoms with Gasteiger partial charge in [0.15, 0.2) is 0 Å². The van der Waals surface area contributed by atoms with Crippen molar-refractivity contribution in [1.82, 2.24) is 5.32 Å². The van der Waals surface area contributed by atoms with Gasteiger partial charge in [0.25, 0.3) is 0 Å². The molecule has 1 rings (SSSR count). The third-order valence-corrected chi connectivity index (χ3v) is 3.34. The van der Waals surface area contributed by atoms with Crippen LogP contribution in [0.5, 0.6) is 0 Å². The number of carbonyl (C=O) groups is 2. The predicted molar refractivity (Wildman–Crippen MR) is 73.9 cm³/mol. The highest BCUT2D eigenvalue weighted by Crippen LogP contribution is 2.33. The molecule has 120 valence electrons. The first kappa shape index (κ1) is 17.4. The third kappa shape index (κ3) is 4.96. The Morgan fingerprint density at radius 1 is 1.38 bits per heavy atom. The van der Waals surface area contributed by atoms with E-state index in [9.17, 15) is 19.6 Å². The van der Waals surface area contributed by atoms with Crippen molar-refractivity contribution in [3.8, 4) is 0 Å². The molecule has 0 radical (unpaired) electrons. The number of nitroso groups, excluding NO2 is 1. The lowest BCUT2D eigenvalue weighted by Crippen LogP contribution is -2.50. The number of hydrogen-bond acceptors (Lipinski definition) is 6. The van der Waals surface area contributed by atoms with Crippen molar-refractivity contribution in [2.75, 3.05) is 19.8 Å². The van der Waals surface area contributed by atoms with E-state index in [1.54, 1.807) is 20.8 Å². The van der Waals surface area contributed by atoms with Crippen molar-refractivity contribution >= 4 is 12.1 Å². The van der Waals surface area contributed by atoms with Crippen molar-refractivity contribution in [2.45, 2.75) is 44.8 Å². The second-order valence-corrected chi connectivity index (χ2v) is 6.08. The Hall–Kier alpha value is -1.70. The number of hydrogen-bond donors (Lipinski definition) is 2. The molecule has 0 aliphatic carbocycles. The Bertz CT molecular complexity index is 398. The van der Waals surface area contributed by atoms with Gasteiger partial charge in [0.2, 0.25) is 0 Å². The normalized spacial score (nSPS) is 19.4. The molecule has 1 aliphatic rings. The number of carboxylic acids is 1. The highest BCUT2D eigenvalue weighted by Gasteiger charge is 2.46. The Balaban J connectivity index is 2.71. The highest BCUT2D eigenvalue weighted by molar-refractivity contribution is 5.74. The van der Waals surface area contributed by atoms with Crippen molar-refractivity contribution in [3.05, 3.63) is 4.91 Å². The van der Waals surface area contributed by atoms with E-state index in [1.165, 1.54) is 0 Å². The van der Waals surface area contributed by atoms with Crippen LogP contribution in [0, 0.1) is 10.8 Å². The maximum Gasteiger partial charge on any atom is 0.407 e. The van der Waals surface area contributed by atoms with E-state index in [0.717, 1.165) is 0 Å². The molecule has 1 aliphatic heterocycles. The zero-order chi connectivity index (χ0) is 16.1. The molecule has 21 heavy (non-hydrogen) atoms. The number of carbonyl (C=O) groups excluding carboxylic acids is 1. The van der Waals surface area contributed by atoms with Crippen LogP contribution in [0.25, 0.3) is 0 Å². The third-order valence-electron chi connectivity index (χ3n) is 3.34. The summed E-state index contributed by atoms with van der Waals surface area (Å²) in [7, 11) is 0. The molecule has 0 unspecified atom stereocenters. The van der Waals surface area contributed by atoms with E-state index in [4.69, 9.17) is 9.47 Å². The smallest absolute Gasteiger partial charge is 0.407 e. The lowest BCUT2D eigenvalue weighted by molar-refractivity contribution is -0.145. The minimum absolute atomic E-state index is 0.212.